The fraction of sp³-hybridized carbons (Fsp3) is 0.273. The number of aromatic nitrogens is 4. The molecule has 30 heavy (non-hydrogen) atoms. The van der Waals surface area contributed by atoms with Gasteiger partial charge in [0.05, 0.1) is 18.8 Å². The summed E-state index contributed by atoms with van der Waals surface area (Å²) >= 11 is 0. The van der Waals surface area contributed by atoms with Crippen LogP contribution in [0.2, 0.25) is 0 Å². The third kappa shape index (κ3) is 6.25. The molecule has 1 aromatic carbocycles. The Kier molecular flexibility index (Phi) is 6.58. The molecule has 156 valence electrons. The molecule has 0 saturated carbocycles. The molecule has 0 aliphatic heterocycles. The van der Waals surface area contributed by atoms with Gasteiger partial charge >= 0.3 is 0 Å². The van der Waals surface area contributed by atoms with E-state index in [1.165, 1.54) is 6.33 Å². The highest BCUT2D eigenvalue weighted by atomic mass is 16.5. The van der Waals surface area contributed by atoms with E-state index in [2.05, 4.69) is 37.1 Å². The van der Waals surface area contributed by atoms with E-state index in [9.17, 15) is 5.11 Å². The molecule has 0 aliphatic carbocycles. The number of ether oxygens (including phenoxy) is 1. The average molecular weight is 406 g/mol. The smallest absolute Gasteiger partial charge is 0.230 e. The minimum atomic E-state index is -0.315. The third-order valence-electron chi connectivity index (χ3n) is 3.91. The van der Waals surface area contributed by atoms with Crippen LogP contribution in [0.15, 0.2) is 61.4 Å². The van der Waals surface area contributed by atoms with Gasteiger partial charge in [0.25, 0.3) is 0 Å². The third-order valence-corrected chi connectivity index (χ3v) is 3.91. The maximum Gasteiger partial charge on any atom is 0.230 e. The molecule has 0 atom stereocenters. The van der Waals surface area contributed by atoms with Gasteiger partial charge in [0.2, 0.25) is 5.95 Å². The molecular formula is C22H26N6O2. The van der Waals surface area contributed by atoms with E-state index in [0.29, 0.717) is 24.2 Å². The zero-order valence-corrected chi connectivity index (χ0v) is 17.4. The summed E-state index contributed by atoms with van der Waals surface area (Å²) in [5.41, 5.74) is 2.90. The molecule has 0 bridgehead atoms. The Morgan fingerprint density at radius 1 is 1.13 bits per heavy atom. The van der Waals surface area contributed by atoms with Crippen LogP contribution >= 0.6 is 0 Å². The maximum atomic E-state index is 9.29. The zero-order valence-electron chi connectivity index (χ0n) is 17.4. The monoisotopic (exact) mass is 406 g/mol. The van der Waals surface area contributed by atoms with Crippen molar-refractivity contribution in [2.75, 3.05) is 5.32 Å². The number of hydrogen-bond acceptors (Lipinski definition) is 8. The van der Waals surface area contributed by atoms with Crippen molar-refractivity contribution in [3.63, 3.8) is 0 Å². The first-order valence-corrected chi connectivity index (χ1v) is 9.55. The van der Waals surface area contributed by atoms with E-state index >= 15 is 0 Å². The van der Waals surface area contributed by atoms with E-state index in [1.807, 2.05) is 57.2 Å². The summed E-state index contributed by atoms with van der Waals surface area (Å²) in [6, 6.07) is 11.2. The Bertz CT molecular complexity index is 1020. The molecule has 0 spiro atoms. The standard InChI is InChI=1S/C22H26N6O2/c1-15(30-22(2,3)4)24-12-19-11-17(8-9-23-19)20-25-14-26-21(28-20)27-18-7-5-6-16(10-18)13-29/h5-11,14,24,29H,1,12-13H2,2-4H3,(H,25,26,27,28). The number of nitrogens with zero attached hydrogens (tertiary/aromatic N) is 4. The molecule has 0 aliphatic rings. The number of nitrogens with one attached hydrogen (secondary N) is 2. The number of aliphatic hydroxyl groups is 1. The quantitative estimate of drug-likeness (QED) is 0.488. The predicted molar refractivity (Wildman–Crippen MR) is 116 cm³/mol. The van der Waals surface area contributed by atoms with Crippen LogP contribution in [0.1, 0.15) is 32.0 Å². The molecule has 3 aromatic rings. The minimum absolute atomic E-state index is 0.0288. The highest BCUT2D eigenvalue weighted by Crippen LogP contribution is 2.19. The lowest BCUT2D eigenvalue weighted by Gasteiger charge is -2.23. The fourth-order valence-corrected chi connectivity index (χ4v) is 2.68. The number of anilines is 2. The van der Waals surface area contributed by atoms with Crippen LogP contribution in [0.3, 0.4) is 0 Å². The fourth-order valence-electron chi connectivity index (χ4n) is 2.68. The van der Waals surface area contributed by atoms with Crippen LogP contribution in [-0.4, -0.2) is 30.6 Å². The molecule has 2 aromatic heterocycles. The lowest BCUT2D eigenvalue weighted by atomic mass is 10.2. The van der Waals surface area contributed by atoms with E-state index < -0.39 is 0 Å². The largest absolute Gasteiger partial charge is 0.474 e. The van der Waals surface area contributed by atoms with Gasteiger partial charge in [-0.1, -0.05) is 12.1 Å². The molecule has 8 nitrogen and oxygen atoms in total. The van der Waals surface area contributed by atoms with Crippen molar-refractivity contribution >= 4 is 11.6 Å². The Labute approximate surface area is 176 Å². The molecule has 2 heterocycles. The first kappa shape index (κ1) is 21.2. The topological polar surface area (TPSA) is 105 Å². The predicted octanol–water partition coefficient (Wildman–Crippen LogP) is 3.55. The van der Waals surface area contributed by atoms with Gasteiger partial charge in [-0.25, -0.2) is 9.97 Å². The van der Waals surface area contributed by atoms with Gasteiger partial charge < -0.3 is 20.5 Å². The van der Waals surface area contributed by atoms with Crippen LogP contribution in [0.4, 0.5) is 11.6 Å². The Morgan fingerprint density at radius 2 is 1.97 bits per heavy atom. The normalized spacial score (nSPS) is 11.1. The highest BCUT2D eigenvalue weighted by Gasteiger charge is 2.12. The zero-order chi connectivity index (χ0) is 21.6. The summed E-state index contributed by atoms with van der Waals surface area (Å²) < 4.78 is 5.67. The van der Waals surface area contributed by atoms with Crippen LogP contribution in [0.5, 0.6) is 0 Å². The summed E-state index contributed by atoms with van der Waals surface area (Å²) in [4.78, 5) is 17.3. The summed E-state index contributed by atoms with van der Waals surface area (Å²) in [7, 11) is 0. The van der Waals surface area contributed by atoms with Crippen molar-refractivity contribution in [1.82, 2.24) is 25.3 Å². The van der Waals surface area contributed by atoms with Gasteiger partial charge in [0, 0.05) is 17.4 Å². The number of aliphatic hydroxyl groups excluding tert-OH is 1. The van der Waals surface area contributed by atoms with Crippen molar-refractivity contribution in [2.45, 2.75) is 39.5 Å². The lowest BCUT2D eigenvalue weighted by molar-refractivity contribution is 0.0410. The second-order valence-electron chi connectivity index (χ2n) is 7.64. The number of pyridine rings is 1. The Hall–Kier alpha value is -3.52. The van der Waals surface area contributed by atoms with Crippen LogP contribution in [0, 0.1) is 0 Å². The van der Waals surface area contributed by atoms with Gasteiger partial charge in [-0.05, 0) is 57.2 Å². The van der Waals surface area contributed by atoms with Crippen LogP contribution in [-0.2, 0) is 17.9 Å². The van der Waals surface area contributed by atoms with Gasteiger partial charge in [-0.3, -0.25) is 4.98 Å². The molecule has 8 heteroatoms. The summed E-state index contributed by atoms with van der Waals surface area (Å²) in [5.74, 6) is 1.43. The van der Waals surface area contributed by atoms with Gasteiger partial charge in [0.15, 0.2) is 11.7 Å². The molecular weight excluding hydrogens is 380 g/mol. The van der Waals surface area contributed by atoms with Crippen molar-refractivity contribution < 1.29 is 9.84 Å². The van der Waals surface area contributed by atoms with E-state index in [4.69, 9.17) is 4.74 Å². The van der Waals surface area contributed by atoms with E-state index in [0.717, 1.165) is 22.5 Å². The molecule has 0 saturated heterocycles. The summed E-state index contributed by atoms with van der Waals surface area (Å²) in [5, 5.41) is 15.5. The van der Waals surface area contributed by atoms with Crippen molar-refractivity contribution in [2.24, 2.45) is 0 Å². The van der Waals surface area contributed by atoms with E-state index in [1.54, 1.807) is 6.20 Å². The molecule has 0 radical (unpaired) electrons. The number of rotatable bonds is 8. The summed E-state index contributed by atoms with van der Waals surface area (Å²) in [6.45, 7) is 10.2. The first-order valence-electron chi connectivity index (χ1n) is 9.55. The molecule has 3 rings (SSSR count). The number of benzene rings is 1. The van der Waals surface area contributed by atoms with Gasteiger partial charge in [-0.15, -0.1) is 0 Å². The Balaban J connectivity index is 1.71. The Morgan fingerprint density at radius 3 is 2.73 bits per heavy atom. The molecule has 0 amide bonds. The van der Waals surface area contributed by atoms with Gasteiger partial charge in [0.1, 0.15) is 11.9 Å². The van der Waals surface area contributed by atoms with Crippen molar-refractivity contribution in [3.8, 4) is 11.4 Å². The summed E-state index contributed by atoms with van der Waals surface area (Å²) in [6.07, 6.45) is 3.17. The van der Waals surface area contributed by atoms with E-state index in [-0.39, 0.29) is 12.2 Å². The second-order valence-corrected chi connectivity index (χ2v) is 7.64. The first-order chi connectivity index (χ1) is 14.3. The van der Waals surface area contributed by atoms with Crippen LogP contribution in [0.25, 0.3) is 11.4 Å². The average Bonchev–Trinajstić information content (AvgIpc) is 2.72. The minimum Gasteiger partial charge on any atom is -0.474 e. The number of hydrogen-bond donors (Lipinski definition) is 3. The molecule has 0 fully saturated rings. The maximum absolute atomic E-state index is 9.29. The lowest BCUT2D eigenvalue weighted by Crippen LogP contribution is -2.25. The second kappa shape index (κ2) is 9.32. The van der Waals surface area contributed by atoms with Crippen LogP contribution < -0.4 is 10.6 Å². The molecule has 3 N–H and O–H groups in total. The van der Waals surface area contributed by atoms with Gasteiger partial charge in [-0.2, -0.15) is 4.98 Å². The highest BCUT2D eigenvalue weighted by molar-refractivity contribution is 5.59. The van der Waals surface area contributed by atoms with Crippen molar-refractivity contribution in [3.05, 3.63) is 72.6 Å². The molecule has 0 unspecified atom stereocenters. The SMILES string of the molecule is C=C(NCc1cc(-c2ncnc(Nc3cccc(CO)c3)n2)ccn1)OC(C)(C)C. The van der Waals surface area contributed by atoms with Crippen molar-refractivity contribution in [1.29, 1.82) is 0 Å².